The van der Waals surface area contributed by atoms with Crippen molar-refractivity contribution in [2.75, 3.05) is 27.6 Å². The number of rotatable bonds is 6. The fourth-order valence-corrected chi connectivity index (χ4v) is 3.34. The molecule has 11 heteroatoms. The lowest BCUT2D eigenvalue weighted by Gasteiger charge is -2.14. The Morgan fingerprint density at radius 3 is 2.21 bits per heavy atom. The Morgan fingerprint density at radius 1 is 1.09 bits per heavy atom. The van der Waals surface area contributed by atoms with E-state index in [0.29, 0.717) is 33.7 Å². The number of carbonyl (C=O) groups is 1. The van der Waals surface area contributed by atoms with Crippen molar-refractivity contribution < 1.29 is 28.6 Å². The summed E-state index contributed by atoms with van der Waals surface area (Å²) in [6, 6.07) is 10.3. The molecule has 3 rings (SSSR count). The van der Waals surface area contributed by atoms with E-state index in [-0.39, 0.29) is 17.2 Å². The van der Waals surface area contributed by atoms with Gasteiger partial charge in [0, 0.05) is 18.1 Å². The molecule has 172 valence electrons. The molecule has 0 spiro atoms. The highest BCUT2D eigenvalue weighted by Gasteiger charge is 2.19. The lowest BCUT2D eigenvalue weighted by Crippen LogP contribution is -2.15. The minimum atomic E-state index is -0.771. The Balaban J connectivity index is 2.14. The summed E-state index contributed by atoms with van der Waals surface area (Å²) in [7, 11) is 4.09. The van der Waals surface area contributed by atoms with Crippen molar-refractivity contribution in [2.45, 2.75) is 6.92 Å². The van der Waals surface area contributed by atoms with Gasteiger partial charge in [0.1, 0.15) is 10.8 Å². The number of benzene rings is 2. The third-order valence-corrected chi connectivity index (χ3v) is 5.08. The third kappa shape index (κ3) is 5.50. The topological polar surface area (TPSA) is 129 Å². The van der Waals surface area contributed by atoms with Crippen LogP contribution in [0.1, 0.15) is 11.5 Å². The molecule has 0 saturated heterocycles. The van der Waals surface area contributed by atoms with Gasteiger partial charge in [-0.15, -0.1) is 11.8 Å². The summed E-state index contributed by atoms with van der Waals surface area (Å²) >= 11 is 1.21. The number of aromatic hydroxyl groups is 1. The van der Waals surface area contributed by atoms with Crippen LogP contribution in [0.25, 0.3) is 11.4 Å². The highest BCUT2D eigenvalue weighted by molar-refractivity contribution is 8.15. The molecule has 0 radical (unpaired) electrons. The fraction of sp³-hybridized carbons (Fsp3) is 0.227. The molecular weight excluding hydrogens is 448 g/mol. The molecule has 1 N–H and O–H groups in total. The highest BCUT2D eigenvalue weighted by atomic mass is 32.2. The zero-order chi connectivity index (χ0) is 24.0. The first-order valence-electron chi connectivity index (χ1n) is 9.56. The first kappa shape index (κ1) is 23.8. The maximum atomic E-state index is 11.9. The number of methoxy groups -OCH3 is 3. The third-order valence-electron chi connectivity index (χ3n) is 4.41. The SMILES string of the molecule is COC(=O)N=C(SC)C(=Nc1ccc(-c2noc(C)n2)cc1)c1cc(OC)c(O)c(OC)c1. The molecule has 0 saturated carbocycles. The Labute approximate surface area is 194 Å². The Morgan fingerprint density at radius 2 is 1.73 bits per heavy atom. The van der Waals surface area contributed by atoms with Crippen LogP contribution in [0, 0.1) is 6.92 Å². The van der Waals surface area contributed by atoms with Gasteiger partial charge in [-0.25, -0.2) is 9.79 Å². The van der Waals surface area contributed by atoms with Crippen molar-refractivity contribution in [2.24, 2.45) is 9.98 Å². The maximum absolute atomic E-state index is 11.9. The summed E-state index contributed by atoms with van der Waals surface area (Å²) in [5.41, 5.74) is 2.20. The zero-order valence-electron chi connectivity index (χ0n) is 18.6. The summed E-state index contributed by atoms with van der Waals surface area (Å²) in [5, 5.41) is 14.5. The molecule has 0 aliphatic carbocycles. The van der Waals surface area contributed by atoms with Gasteiger partial charge in [0.2, 0.25) is 17.5 Å². The average Bonchev–Trinajstić information content (AvgIpc) is 3.27. The second-order valence-electron chi connectivity index (χ2n) is 6.46. The first-order valence-corrected chi connectivity index (χ1v) is 10.8. The van der Waals surface area contributed by atoms with Gasteiger partial charge in [-0.3, -0.25) is 0 Å². The van der Waals surface area contributed by atoms with Crippen LogP contribution in [0.5, 0.6) is 17.2 Å². The molecule has 1 heterocycles. The standard InChI is InChI=1S/C22H22N4O6S/c1-12-23-20(26-32-12)13-6-8-15(9-7-13)24-18(21(33-5)25-22(28)31-4)14-10-16(29-2)19(27)17(11-14)30-3/h6-11,27H,1-5H3. The van der Waals surface area contributed by atoms with Gasteiger partial charge >= 0.3 is 6.09 Å². The minimum Gasteiger partial charge on any atom is -0.502 e. The molecule has 0 atom stereocenters. The molecular formula is C22H22N4O6S. The first-order chi connectivity index (χ1) is 15.9. The summed E-state index contributed by atoms with van der Waals surface area (Å²) in [4.78, 5) is 24.8. The molecule has 1 amide bonds. The van der Waals surface area contributed by atoms with Gasteiger partial charge in [-0.1, -0.05) is 5.16 Å². The van der Waals surface area contributed by atoms with Crippen LogP contribution >= 0.6 is 11.8 Å². The molecule has 33 heavy (non-hydrogen) atoms. The number of thioether (sulfide) groups is 1. The summed E-state index contributed by atoms with van der Waals surface area (Å²) in [6.07, 6.45) is 0.987. The van der Waals surface area contributed by atoms with E-state index in [2.05, 4.69) is 19.9 Å². The number of hydrogen-bond acceptors (Lipinski definition) is 10. The molecule has 0 fully saturated rings. The van der Waals surface area contributed by atoms with Crippen molar-refractivity contribution in [1.82, 2.24) is 10.1 Å². The van der Waals surface area contributed by atoms with Crippen LogP contribution in [0.2, 0.25) is 0 Å². The van der Waals surface area contributed by atoms with Crippen LogP contribution in [0.15, 0.2) is 50.9 Å². The number of aromatic nitrogens is 2. The van der Waals surface area contributed by atoms with Crippen molar-refractivity contribution in [3.63, 3.8) is 0 Å². The van der Waals surface area contributed by atoms with E-state index in [1.54, 1.807) is 49.6 Å². The van der Waals surface area contributed by atoms with Crippen LogP contribution in [-0.2, 0) is 4.74 Å². The predicted octanol–water partition coefficient (Wildman–Crippen LogP) is 4.42. The fourth-order valence-electron chi connectivity index (χ4n) is 2.82. The van der Waals surface area contributed by atoms with Gasteiger partial charge in [0.25, 0.3) is 0 Å². The number of ether oxygens (including phenoxy) is 3. The predicted molar refractivity (Wildman–Crippen MR) is 125 cm³/mol. The van der Waals surface area contributed by atoms with E-state index in [4.69, 9.17) is 19.0 Å². The molecule has 0 unspecified atom stereocenters. The lowest BCUT2D eigenvalue weighted by atomic mass is 10.1. The van der Waals surface area contributed by atoms with E-state index in [0.717, 1.165) is 5.56 Å². The van der Waals surface area contributed by atoms with Crippen molar-refractivity contribution >= 4 is 34.3 Å². The molecule has 0 aliphatic rings. The minimum absolute atomic E-state index is 0.154. The number of aliphatic imine (C=N–C) groups is 2. The van der Waals surface area contributed by atoms with Crippen LogP contribution in [-0.4, -0.2) is 59.7 Å². The van der Waals surface area contributed by atoms with Crippen LogP contribution in [0.4, 0.5) is 10.5 Å². The highest BCUT2D eigenvalue weighted by Crippen LogP contribution is 2.38. The maximum Gasteiger partial charge on any atom is 0.434 e. The van der Waals surface area contributed by atoms with E-state index in [1.807, 2.05) is 0 Å². The number of carbonyl (C=O) groups excluding carboxylic acids is 1. The van der Waals surface area contributed by atoms with Crippen molar-refractivity contribution in [1.29, 1.82) is 0 Å². The second kappa shape index (κ2) is 10.6. The normalized spacial score (nSPS) is 11.9. The summed E-state index contributed by atoms with van der Waals surface area (Å²) in [5.74, 6) is 1.14. The van der Waals surface area contributed by atoms with Gasteiger partial charge in [0.15, 0.2) is 11.5 Å². The number of phenolic OH excluding ortho intramolecular Hbond substituents is 1. The largest absolute Gasteiger partial charge is 0.502 e. The molecule has 10 nitrogen and oxygen atoms in total. The summed E-state index contributed by atoms with van der Waals surface area (Å²) in [6.45, 7) is 1.71. The van der Waals surface area contributed by atoms with E-state index < -0.39 is 6.09 Å². The van der Waals surface area contributed by atoms with Crippen molar-refractivity contribution in [3.8, 4) is 28.6 Å². The van der Waals surface area contributed by atoms with Crippen molar-refractivity contribution in [3.05, 3.63) is 47.9 Å². The lowest BCUT2D eigenvalue weighted by molar-refractivity contribution is 0.183. The number of amides is 1. The summed E-state index contributed by atoms with van der Waals surface area (Å²) < 4.78 is 20.2. The Bertz CT molecular complexity index is 1180. The molecule has 0 aliphatic heterocycles. The number of phenols is 1. The smallest absolute Gasteiger partial charge is 0.434 e. The van der Waals surface area contributed by atoms with E-state index >= 15 is 0 Å². The molecule has 3 aromatic rings. The van der Waals surface area contributed by atoms with Crippen LogP contribution in [0.3, 0.4) is 0 Å². The number of hydrogen-bond donors (Lipinski definition) is 1. The van der Waals surface area contributed by atoms with Gasteiger partial charge in [-0.05, 0) is 42.7 Å². The molecule has 1 aromatic heterocycles. The van der Waals surface area contributed by atoms with Crippen LogP contribution < -0.4 is 9.47 Å². The Hall–Kier alpha value is -3.86. The quantitative estimate of drug-likeness (QED) is 0.411. The molecule has 2 aromatic carbocycles. The number of aryl methyl sites for hydroxylation is 1. The average molecular weight is 471 g/mol. The van der Waals surface area contributed by atoms with E-state index in [1.165, 1.54) is 33.1 Å². The van der Waals surface area contributed by atoms with E-state index in [9.17, 15) is 9.90 Å². The monoisotopic (exact) mass is 470 g/mol. The Kier molecular flexibility index (Phi) is 7.67. The second-order valence-corrected chi connectivity index (χ2v) is 7.26. The number of nitrogens with zero attached hydrogens (tertiary/aromatic N) is 4. The van der Waals surface area contributed by atoms with Gasteiger partial charge in [-0.2, -0.15) is 9.98 Å². The van der Waals surface area contributed by atoms with Gasteiger partial charge in [0.05, 0.1) is 27.0 Å². The zero-order valence-corrected chi connectivity index (χ0v) is 19.5. The molecule has 0 bridgehead atoms. The van der Waals surface area contributed by atoms with Gasteiger partial charge < -0.3 is 23.8 Å².